The maximum absolute atomic E-state index is 13.3. The van der Waals surface area contributed by atoms with Crippen molar-refractivity contribution in [1.29, 1.82) is 0 Å². The largest absolute Gasteiger partial charge is 0.417 e. The molecule has 1 N–H and O–H groups in total. The molecule has 0 spiro atoms. The van der Waals surface area contributed by atoms with Crippen molar-refractivity contribution in [1.82, 2.24) is 9.21 Å². The quantitative estimate of drug-likeness (QED) is 0.741. The summed E-state index contributed by atoms with van der Waals surface area (Å²) in [5.41, 5.74) is -0.677. The zero-order chi connectivity index (χ0) is 21.9. The van der Waals surface area contributed by atoms with Crippen molar-refractivity contribution in [2.45, 2.75) is 17.5 Å². The normalized spacial score (nSPS) is 16.2. The molecule has 0 unspecified atom stereocenters. The third-order valence-electron chi connectivity index (χ3n) is 4.65. The Morgan fingerprint density at radius 2 is 1.63 bits per heavy atom. The second-order valence-electron chi connectivity index (χ2n) is 6.68. The van der Waals surface area contributed by atoms with E-state index >= 15 is 0 Å². The molecule has 1 saturated heterocycles. The number of urea groups is 1. The molecule has 0 atom stereocenters. The molecule has 1 heterocycles. The van der Waals surface area contributed by atoms with Gasteiger partial charge in [0.1, 0.15) is 0 Å². The Bertz CT molecular complexity index is 1010. The first-order valence-corrected chi connectivity index (χ1v) is 10.9. The van der Waals surface area contributed by atoms with Gasteiger partial charge >= 0.3 is 12.2 Å². The lowest BCUT2D eigenvalue weighted by Crippen LogP contribution is -2.39. The number of hydrogen-bond donors (Lipinski definition) is 1. The van der Waals surface area contributed by atoms with E-state index in [-0.39, 0.29) is 26.2 Å². The number of amides is 2. The lowest BCUT2D eigenvalue weighted by molar-refractivity contribution is -0.139. The molecule has 1 aliphatic heterocycles. The van der Waals surface area contributed by atoms with Crippen molar-refractivity contribution in [3.8, 4) is 0 Å². The topological polar surface area (TPSA) is 69.7 Å². The minimum atomic E-state index is -4.79. The first kappa shape index (κ1) is 22.4. The summed E-state index contributed by atoms with van der Waals surface area (Å²) in [7, 11) is -4.37. The van der Waals surface area contributed by atoms with Crippen LogP contribution >= 0.6 is 11.6 Å². The van der Waals surface area contributed by atoms with Crippen molar-refractivity contribution >= 4 is 33.3 Å². The third-order valence-corrected chi connectivity index (χ3v) is 6.86. The highest BCUT2D eigenvalue weighted by molar-refractivity contribution is 7.89. The van der Waals surface area contributed by atoms with E-state index < -0.39 is 32.7 Å². The van der Waals surface area contributed by atoms with E-state index in [9.17, 15) is 26.4 Å². The van der Waals surface area contributed by atoms with Crippen LogP contribution in [-0.4, -0.2) is 49.8 Å². The van der Waals surface area contributed by atoms with Gasteiger partial charge in [-0.3, -0.25) is 0 Å². The van der Waals surface area contributed by atoms with Crippen molar-refractivity contribution < 1.29 is 26.4 Å². The summed E-state index contributed by atoms with van der Waals surface area (Å²) < 4.78 is 66.6. The highest BCUT2D eigenvalue weighted by atomic mass is 35.5. The Morgan fingerprint density at radius 3 is 2.30 bits per heavy atom. The van der Waals surface area contributed by atoms with Crippen LogP contribution in [0.4, 0.5) is 23.7 Å². The fourth-order valence-electron chi connectivity index (χ4n) is 3.14. The number of nitrogens with zero attached hydrogens (tertiary/aromatic N) is 2. The van der Waals surface area contributed by atoms with E-state index in [4.69, 9.17) is 11.6 Å². The predicted octanol–water partition coefficient (Wildman–Crippen LogP) is 4.29. The lowest BCUT2D eigenvalue weighted by atomic mass is 10.2. The van der Waals surface area contributed by atoms with Crippen molar-refractivity contribution in [3.05, 3.63) is 59.1 Å². The van der Waals surface area contributed by atoms with Crippen LogP contribution in [0.5, 0.6) is 0 Å². The molecule has 30 heavy (non-hydrogen) atoms. The fraction of sp³-hybridized carbons (Fsp3) is 0.316. The van der Waals surface area contributed by atoms with E-state index in [0.717, 1.165) is 22.5 Å². The predicted molar refractivity (Wildman–Crippen MR) is 107 cm³/mol. The minimum Gasteiger partial charge on any atom is -0.323 e. The Morgan fingerprint density at radius 1 is 0.967 bits per heavy atom. The maximum Gasteiger partial charge on any atom is 0.417 e. The Labute approximate surface area is 177 Å². The van der Waals surface area contributed by atoms with E-state index in [0.29, 0.717) is 17.1 Å². The summed E-state index contributed by atoms with van der Waals surface area (Å²) in [6, 6.07) is 10.2. The van der Waals surface area contributed by atoms with Gasteiger partial charge in [-0.2, -0.15) is 17.5 Å². The summed E-state index contributed by atoms with van der Waals surface area (Å²) in [6.45, 7) is 0.223. The molecule has 2 aromatic rings. The molecule has 2 aromatic carbocycles. The van der Waals surface area contributed by atoms with Crippen LogP contribution in [0.3, 0.4) is 0 Å². The number of benzene rings is 2. The van der Waals surface area contributed by atoms with Gasteiger partial charge in [0.25, 0.3) is 0 Å². The van der Waals surface area contributed by atoms with Crippen LogP contribution in [0.15, 0.2) is 53.4 Å². The summed E-state index contributed by atoms with van der Waals surface area (Å²) in [5, 5.41) is 3.21. The number of nitrogens with one attached hydrogen (secondary N) is 1. The number of hydrogen-bond acceptors (Lipinski definition) is 3. The highest BCUT2D eigenvalue weighted by Crippen LogP contribution is 2.35. The first-order chi connectivity index (χ1) is 14.1. The average Bonchev–Trinajstić information content (AvgIpc) is 2.96. The molecule has 2 amide bonds. The lowest BCUT2D eigenvalue weighted by Gasteiger charge is -2.23. The standard InChI is InChI=1S/C19H19ClF3N3O3S/c20-14-6-8-15(9-7-14)24-18(27)25-10-3-11-26(13-12-25)30(28,29)17-5-2-1-4-16(17)19(21,22)23/h1-2,4-9H,3,10-13H2,(H,24,27). The van der Waals surface area contributed by atoms with Gasteiger partial charge in [0.2, 0.25) is 10.0 Å². The smallest absolute Gasteiger partial charge is 0.323 e. The number of alkyl halides is 3. The number of halogens is 4. The van der Waals surface area contributed by atoms with Crippen LogP contribution in [0, 0.1) is 0 Å². The molecule has 0 aliphatic carbocycles. The molecule has 0 bridgehead atoms. The van der Waals surface area contributed by atoms with E-state index in [1.54, 1.807) is 24.3 Å². The van der Waals surface area contributed by atoms with E-state index in [2.05, 4.69) is 5.32 Å². The Hall–Kier alpha value is -2.30. The van der Waals surface area contributed by atoms with Crippen molar-refractivity contribution in [2.24, 2.45) is 0 Å². The molecule has 6 nitrogen and oxygen atoms in total. The van der Waals surface area contributed by atoms with Gasteiger partial charge in [0.05, 0.1) is 10.5 Å². The van der Waals surface area contributed by atoms with E-state index in [1.807, 2.05) is 0 Å². The summed E-state index contributed by atoms with van der Waals surface area (Å²) >= 11 is 5.81. The van der Waals surface area contributed by atoms with Gasteiger partial charge < -0.3 is 10.2 Å². The van der Waals surface area contributed by atoms with E-state index in [1.165, 1.54) is 11.0 Å². The van der Waals surface area contributed by atoms with Crippen LogP contribution in [0.2, 0.25) is 5.02 Å². The number of carbonyl (C=O) groups excluding carboxylic acids is 1. The molecule has 11 heteroatoms. The number of sulfonamides is 1. The Balaban J connectivity index is 1.73. The Kier molecular flexibility index (Phi) is 6.59. The molecule has 3 rings (SSSR count). The highest BCUT2D eigenvalue weighted by Gasteiger charge is 2.39. The summed E-state index contributed by atoms with van der Waals surface area (Å²) in [4.78, 5) is 13.1. The van der Waals surface area contributed by atoms with Crippen molar-refractivity contribution in [2.75, 3.05) is 31.5 Å². The summed E-state index contributed by atoms with van der Waals surface area (Å²) in [6.07, 6.45) is -4.50. The SMILES string of the molecule is O=C(Nc1ccc(Cl)cc1)N1CCCN(S(=O)(=O)c2ccccc2C(F)(F)F)CC1. The van der Waals surface area contributed by atoms with Gasteiger partial charge in [0, 0.05) is 36.9 Å². The monoisotopic (exact) mass is 461 g/mol. The molecule has 162 valence electrons. The van der Waals surface area contributed by atoms with Gasteiger partial charge in [-0.1, -0.05) is 23.7 Å². The molecule has 0 saturated carbocycles. The zero-order valence-corrected chi connectivity index (χ0v) is 17.3. The molecular formula is C19H19ClF3N3O3S. The minimum absolute atomic E-state index is 0.0131. The third kappa shape index (κ3) is 5.05. The van der Waals surface area contributed by atoms with Gasteiger partial charge in [0.15, 0.2) is 0 Å². The van der Waals surface area contributed by atoms with Crippen molar-refractivity contribution in [3.63, 3.8) is 0 Å². The van der Waals surface area contributed by atoms with Crippen LogP contribution < -0.4 is 5.32 Å². The van der Waals surface area contributed by atoms with Crippen LogP contribution in [0.1, 0.15) is 12.0 Å². The number of rotatable bonds is 3. The maximum atomic E-state index is 13.3. The first-order valence-electron chi connectivity index (χ1n) is 9.07. The number of carbonyl (C=O) groups is 1. The molecule has 0 radical (unpaired) electrons. The van der Waals surface area contributed by atoms with Gasteiger partial charge in [-0.15, -0.1) is 0 Å². The zero-order valence-electron chi connectivity index (χ0n) is 15.7. The van der Waals surface area contributed by atoms with Gasteiger partial charge in [-0.05, 0) is 42.8 Å². The van der Waals surface area contributed by atoms with Crippen LogP contribution in [-0.2, 0) is 16.2 Å². The molecule has 1 aliphatic rings. The molecule has 1 fully saturated rings. The summed E-state index contributed by atoms with van der Waals surface area (Å²) in [5.74, 6) is 0. The fourth-order valence-corrected chi connectivity index (χ4v) is 4.95. The molecular weight excluding hydrogens is 443 g/mol. The molecule has 0 aromatic heterocycles. The second kappa shape index (κ2) is 8.83. The van der Waals surface area contributed by atoms with Crippen LogP contribution in [0.25, 0.3) is 0 Å². The second-order valence-corrected chi connectivity index (χ2v) is 9.02. The number of anilines is 1. The van der Waals surface area contributed by atoms with Gasteiger partial charge in [-0.25, -0.2) is 13.2 Å². The average molecular weight is 462 g/mol.